The molecule has 1 aromatic carbocycles. The molecule has 0 aliphatic carbocycles. The molecule has 0 heterocycles. The topological polar surface area (TPSA) is 29.1 Å². The highest BCUT2D eigenvalue weighted by Crippen LogP contribution is 2.18. The number of carbonyl (C=O) groups is 1. The first-order chi connectivity index (χ1) is 9.27. The van der Waals surface area contributed by atoms with E-state index in [0.717, 1.165) is 50.6 Å². The van der Waals surface area contributed by atoms with Crippen molar-refractivity contribution in [1.29, 1.82) is 0 Å². The number of nitrogens with one attached hydrogen (secondary N) is 1. The van der Waals surface area contributed by atoms with Crippen molar-refractivity contribution in [3.63, 3.8) is 0 Å². The van der Waals surface area contributed by atoms with Gasteiger partial charge in [0.1, 0.15) is 0 Å². The van der Waals surface area contributed by atoms with Gasteiger partial charge in [-0.3, -0.25) is 4.79 Å². The van der Waals surface area contributed by atoms with Gasteiger partial charge in [-0.2, -0.15) is 0 Å². The summed E-state index contributed by atoms with van der Waals surface area (Å²) >= 11 is 0. The molecule has 0 saturated heterocycles. The first-order valence-electron chi connectivity index (χ1n) is 7.45. The second-order valence-electron chi connectivity index (χ2n) is 4.97. The number of hydrogen-bond acceptors (Lipinski definition) is 1. The number of aryl methyl sites for hydroxylation is 1. The minimum absolute atomic E-state index is 0.137. The van der Waals surface area contributed by atoms with Gasteiger partial charge >= 0.3 is 0 Å². The summed E-state index contributed by atoms with van der Waals surface area (Å²) in [6.45, 7) is 6.01. The lowest BCUT2D eigenvalue weighted by Crippen LogP contribution is -2.12. The molecule has 0 aliphatic heterocycles. The van der Waals surface area contributed by atoms with Gasteiger partial charge in [-0.1, -0.05) is 57.7 Å². The average Bonchev–Trinajstić information content (AvgIpc) is 2.41. The van der Waals surface area contributed by atoms with Gasteiger partial charge in [0.15, 0.2) is 0 Å². The van der Waals surface area contributed by atoms with Crippen molar-refractivity contribution in [2.75, 3.05) is 5.32 Å². The molecule has 0 bridgehead atoms. The molecule has 1 aromatic rings. The standard InChI is InChI=1S/C17H26NO/c1-3-5-7-11-15-12-9-10-13-16(15)18-17(19)14-8-6-4-2/h9-10,12-13H,1,3-8,11,14H2,2H3,(H,18,19). The Hall–Kier alpha value is -1.31. The fraction of sp³-hybridized carbons (Fsp3) is 0.529. The van der Waals surface area contributed by atoms with Crippen LogP contribution in [0, 0.1) is 6.92 Å². The van der Waals surface area contributed by atoms with Gasteiger partial charge in [0.2, 0.25) is 5.91 Å². The van der Waals surface area contributed by atoms with Crippen molar-refractivity contribution < 1.29 is 4.79 Å². The van der Waals surface area contributed by atoms with Crippen molar-refractivity contribution >= 4 is 11.6 Å². The number of rotatable bonds is 9. The Morgan fingerprint density at radius 2 is 1.95 bits per heavy atom. The van der Waals surface area contributed by atoms with Crippen LogP contribution in [0.25, 0.3) is 0 Å². The van der Waals surface area contributed by atoms with Gasteiger partial charge in [-0.05, 0) is 30.9 Å². The third-order valence-corrected chi connectivity index (χ3v) is 3.24. The zero-order chi connectivity index (χ0) is 13.9. The summed E-state index contributed by atoms with van der Waals surface area (Å²) in [5, 5.41) is 3.04. The third-order valence-electron chi connectivity index (χ3n) is 3.24. The molecular weight excluding hydrogens is 234 g/mol. The van der Waals surface area contributed by atoms with Crippen LogP contribution in [-0.4, -0.2) is 5.91 Å². The lowest BCUT2D eigenvalue weighted by atomic mass is 10.0. The third kappa shape index (κ3) is 6.42. The number of amides is 1. The highest BCUT2D eigenvalue weighted by molar-refractivity contribution is 5.91. The molecule has 2 heteroatoms. The van der Waals surface area contributed by atoms with Crippen molar-refractivity contribution in [3.05, 3.63) is 36.8 Å². The molecule has 0 fully saturated rings. The summed E-state index contributed by atoms with van der Waals surface area (Å²) in [7, 11) is 0. The van der Waals surface area contributed by atoms with E-state index < -0.39 is 0 Å². The number of para-hydroxylation sites is 1. The van der Waals surface area contributed by atoms with Crippen molar-refractivity contribution in [3.8, 4) is 0 Å². The molecule has 0 atom stereocenters. The predicted octanol–water partition coefficient (Wildman–Crippen LogP) is 4.75. The Balaban J connectivity index is 2.49. The molecule has 1 rings (SSSR count). The van der Waals surface area contributed by atoms with Crippen LogP contribution in [0.15, 0.2) is 24.3 Å². The molecule has 1 amide bonds. The lowest BCUT2D eigenvalue weighted by Gasteiger charge is -2.11. The highest BCUT2D eigenvalue weighted by Gasteiger charge is 2.06. The zero-order valence-corrected chi connectivity index (χ0v) is 12.1. The fourth-order valence-corrected chi connectivity index (χ4v) is 2.10. The van der Waals surface area contributed by atoms with Gasteiger partial charge in [0.05, 0.1) is 0 Å². The summed E-state index contributed by atoms with van der Waals surface area (Å²) < 4.78 is 0. The van der Waals surface area contributed by atoms with E-state index in [1.54, 1.807) is 0 Å². The molecule has 19 heavy (non-hydrogen) atoms. The van der Waals surface area contributed by atoms with E-state index in [0.29, 0.717) is 6.42 Å². The Kier molecular flexibility index (Phi) is 7.95. The molecule has 1 N–H and O–H groups in total. The van der Waals surface area contributed by atoms with Gasteiger partial charge < -0.3 is 5.32 Å². The Labute approximate surface area is 117 Å². The van der Waals surface area contributed by atoms with Crippen LogP contribution >= 0.6 is 0 Å². The molecule has 0 spiro atoms. The van der Waals surface area contributed by atoms with Crippen LogP contribution in [0.5, 0.6) is 0 Å². The van der Waals surface area contributed by atoms with Crippen molar-refractivity contribution in [1.82, 2.24) is 0 Å². The maximum Gasteiger partial charge on any atom is 0.224 e. The molecule has 105 valence electrons. The van der Waals surface area contributed by atoms with Crippen LogP contribution in [0.3, 0.4) is 0 Å². The molecule has 0 saturated carbocycles. The number of anilines is 1. The number of hydrogen-bond donors (Lipinski definition) is 1. The fourth-order valence-electron chi connectivity index (χ4n) is 2.10. The minimum Gasteiger partial charge on any atom is -0.326 e. The SMILES string of the molecule is [CH2]CCCCc1ccccc1NC(=O)CCCCC. The molecule has 0 unspecified atom stereocenters. The Morgan fingerprint density at radius 3 is 2.68 bits per heavy atom. The largest absolute Gasteiger partial charge is 0.326 e. The first-order valence-corrected chi connectivity index (χ1v) is 7.45. The minimum atomic E-state index is 0.137. The molecule has 2 nitrogen and oxygen atoms in total. The first kappa shape index (κ1) is 15.7. The molecule has 0 aliphatic rings. The van der Waals surface area contributed by atoms with E-state index in [-0.39, 0.29) is 5.91 Å². The smallest absolute Gasteiger partial charge is 0.224 e. The van der Waals surface area contributed by atoms with Crippen LogP contribution in [0.4, 0.5) is 5.69 Å². The second kappa shape index (κ2) is 9.60. The van der Waals surface area contributed by atoms with Crippen LogP contribution < -0.4 is 5.32 Å². The molecule has 1 radical (unpaired) electrons. The summed E-state index contributed by atoms with van der Waals surface area (Å²) in [6, 6.07) is 8.11. The van der Waals surface area contributed by atoms with E-state index in [1.165, 1.54) is 5.56 Å². The quantitative estimate of drug-likeness (QED) is 0.638. The van der Waals surface area contributed by atoms with Crippen LogP contribution in [0.1, 0.15) is 57.4 Å². The normalized spacial score (nSPS) is 10.4. The summed E-state index contributed by atoms with van der Waals surface area (Å²) in [5.74, 6) is 0.137. The van der Waals surface area contributed by atoms with E-state index in [9.17, 15) is 4.79 Å². The zero-order valence-electron chi connectivity index (χ0n) is 12.1. The summed E-state index contributed by atoms with van der Waals surface area (Å²) in [5.41, 5.74) is 2.22. The van der Waals surface area contributed by atoms with Crippen molar-refractivity contribution in [2.45, 2.75) is 58.3 Å². The van der Waals surface area contributed by atoms with E-state index in [4.69, 9.17) is 0 Å². The second-order valence-corrected chi connectivity index (χ2v) is 4.97. The van der Waals surface area contributed by atoms with Crippen LogP contribution in [-0.2, 0) is 11.2 Å². The molecule has 0 aromatic heterocycles. The van der Waals surface area contributed by atoms with E-state index in [2.05, 4.69) is 25.2 Å². The van der Waals surface area contributed by atoms with E-state index in [1.807, 2.05) is 18.2 Å². The van der Waals surface area contributed by atoms with Gasteiger partial charge in [-0.15, -0.1) is 0 Å². The van der Waals surface area contributed by atoms with Gasteiger partial charge in [-0.25, -0.2) is 0 Å². The monoisotopic (exact) mass is 260 g/mol. The maximum atomic E-state index is 11.8. The average molecular weight is 260 g/mol. The van der Waals surface area contributed by atoms with Crippen molar-refractivity contribution in [2.24, 2.45) is 0 Å². The number of carbonyl (C=O) groups excluding carboxylic acids is 1. The van der Waals surface area contributed by atoms with Gasteiger partial charge in [0.25, 0.3) is 0 Å². The summed E-state index contributed by atoms with van der Waals surface area (Å²) in [4.78, 5) is 11.8. The lowest BCUT2D eigenvalue weighted by molar-refractivity contribution is -0.116. The summed E-state index contributed by atoms with van der Waals surface area (Å²) in [6.07, 6.45) is 8.14. The highest BCUT2D eigenvalue weighted by atomic mass is 16.1. The maximum absolute atomic E-state index is 11.8. The number of unbranched alkanes of at least 4 members (excludes halogenated alkanes) is 4. The Bertz CT molecular complexity index is 373. The van der Waals surface area contributed by atoms with E-state index >= 15 is 0 Å². The number of benzene rings is 1. The van der Waals surface area contributed by atoms with Gasteiger partial charge in [0, 0.05) is 12.1 Å². The Morgan fingerprint density at radius 1 is 1.16 bits per heavy atom. The molecular formula is C17H26NO. The predicted molar refractivity (Wildman–Crippen MR) is 82.1 cm³/mol. The van der Waals surface area contributed by atoms with Crippen LogP contribution in [0.2, 0.25) is 0 Å².